The number of nitrogen functional groups attached to an aromatic ring is 1. The van der Waals surface area contributed by atoms with E-state index in [0.717, 1.165) is 40.6 Å². The van der Waals surface area contributed by atoms with Crippen LogP contribution in [0.25, 0.3) is 5.69 Å². The summed E-state index contributed by atoms with van der Waals surface area (Å²) in [5.41, 5.74) is 10.8. The van der Waals surface area contributed by atoms with Crippen LogP contribution in [0.1, 0.15) is 43.5 Å². The summed E-state index contributed by atoms with van der Waals surface area (Å²) in [5.74, 6) is 0.754. The average molecular weight is 290 g/mol. The Morgan fingerprint density at radius 2 is 2.10 bits per heavy atom. The molecule has 1 aliphatic rings. The molecule has 1 aliphatic carbocycles. The lowest BCUT2D eigenvalue weighted by atomic mass is 9.75. The maximum absolute atomic E-state index is 6.38. The second kappa shape index (κ2) is 4.52. The molecule has 4 heteroatoms. The minimum atomic E-state index is 0.102. The Hall–Kier alpha value is -1.48. The van der Waals surface area contributed by atoms with E-state index in [1.54, 1.807) is 0 Å². The topological polar surface area (TPSA) is 43.8 Å². The molecule has 0 fully saturated rings. The van der Waals surface area contributed by atoms with Crippen LogP contribution in [0.4, 0.5) is 5.82 Å². The summed E-state index contributed by atoms with van der Waals surface area (Å²) in [4.78, 5) is 0. The second-order valence-electron chi connectivity index (χ2n) is 6.29. The number of hydrogen-bond donors (Lipinski definition) is 1. The third kappa shape index (κ3) is 2.01. The van der Waals surface area contributed by atoms with E-state index in [9.17, 15) is 0 Å². The van der Waals surface area contributed by atoms with E-state index in [1.165, 1.54) is 12.0 Å². The Morgan fingerprint density at radius 1 is 1.35 bits per heavy atom. The van der Waals surface area contributed by atoms with Gasteiger partial charge in [-0.2, -0.15) is 5.10 Å². The quantitative estimate of drug-likeness (QED) is 0.861. The first-order valence-corrected chi connectivity index (χ1v) is 7.42. The van der Waals surface area contributed by atoms with Crippen LogP contribution in [0.5, 0.6) is 0 Å². The first-order chi connectivity index (χ1) is 9.40. The molecule has 3 rings (SSSR count). The van der Waals surface area contributed by atoms with Crippen molar-refractivity contribution in [3.63, 3.8) is 0 Å². The number of nitrogens with zero attached hydrogens (tertiary/aromatic N) is 2. The molecular weight excluding hydrogens is 270 g/mol. The first kappa shape index (κ1) is 13.5. The van der Waals surface area contributed by atoms with E-state index in [2.05, 4.69) is 13.8 Å². The van der Waals surface area contributed by atoms with Crippen molar-refractivity contribution in [1.82, 2.24) is 9.78 Å². The number of benzene rings is 1. The molecule has 3 nitrogen and oxygen atoms in total. The first-order valence-electron chi connectivity index (χ1n) is 7.04. The summed E-state index contributed by atoms with van der Waals surface area (Å²) in [6.07, 6.45) is 3.34. The molecule has 0 aliphatic heterocycles. The Labute approximate surface area is 124 Å². The monoisotopic (exact) mass is 289 g/mol. The molecule has 0 atom stereocenters. The maximum atomic E-state index is 6.38. The van der Waals surface area contributed by atoms with E-state index in [0.29, 0.717) is 0 Å². The van der Waals surface area contributed by atoms with Crippen LogP contribution in [-0.2, 0) is 11.8 Å². The van der Waals surface area contributed by atoms with Crippen LogP contribution in [0.15, 0.2) is 18.2 Å². The molecule has 0 spiro atoms. The summed E-state index contributed by atoms with van der Waals surface area (Å²) in [7, 11) is 0. The summed E-state index contributed by atoms with van der Waals surface area (Å²) in [5, 5.41) is 5.47. The highest BCUT2D eigenvalue weighted by atomic mass is 35.5. The van der Waals surface area contributed by atoms with E-state index in [1.807, 2.05) is 29.8 Å². The Kier molecular flexibility index (Phi) is 3.05. The summed E-state index contributed by atoms with van der Waals surface area (Å²) >= 11 is 6.22. The van der Waals surface area contributed by atoms with E-state index < -0.39 is 0 Å². The van der Waals surface area contributed by atoms with Crippen molar-refractivity contribution in [3.8, 4) is 5.69 Å². The van der Waals surface area contributed by atoms with Crippen molar-refractivity contribution in [3.05, 3.63) is 40.0 Å². The van der Waals surface area contributed by atoms with E-state index in [-0.39, 0.29) is 5.41 Å². The molecule has 1 heterocycles. The van der Waals surface area contributed by atoms with Gasteiger partial charge < -0.3 is 5.73 Å². The van der Waals surface area contributed by atoms with Gasteiger partial charge in [-0.25, -0.2) is 4.68 Å². The zero-order valence-corrected chi connectivity index (χ0v) is 13.0. The molecular formula is C16H20ClN3. The van der Waals surface area contributed by atoms with Gasteiger partial charge in [0.05, 0.1) is 11.4 Å². The molecule has 2 N–H and O–H groups in total. The highest BCUT2D eigenvalue weighted by Gasteiger charge is 2.33. The van der Waals surface area contributed by atoms with Crippen LogP contribution in [0, 0.1) is 6.92 Å². The van der Waals surface area contributed by atoms with Crippen molar-refractivity contribution in [2.24, 2.45) is 0 Å². The number of rotatable bonds is 1. The zero-order valence-electron chi connectivity index (χ0n) is 12.2. The SMILES string of the molecule is Cc1ccc(-n2nc3c(c2N)C(C)(C)CCC3)cc1Cl. The lowest BCUT2D eigenvalue weighted by molar-refractivity contribution is 0.432. The smallest absolute Gasteiger partial charge is 0.131 e. The van der Waals surface area contributed by atoms with Crippen molar-refractivity contribution in [1.29, 1.82) is 0 Å². The largest absolute Gasteiger partial charge is 0.383 e. The Bertz CT molecular complexity index is 671. The third-order valence-corrected chi connectivity index (χ3v) is 4.69. The van der Waals surface area contributed by atoms with Crippen molar-refractivity contribution in [2.75, 3.05) is 5.73 Å². The predicted molar refractivity (Wildman–Crippen MR) is 83.7 cm³/mol. The van der Waals surface area contributed by atoms with Crippen LogP contribution >= 0.6 is 11.6 Å². The molecule has 0 unspecified atom stereocenters. The number of halogens is 1. The Morgan fingerprint density at radius 3 is 2.75 bits per heavy atom. The van der Waals surface area contributed by atoms with Gasteiger partial charge in [0.2, 0.25) is 0 Å². The summed E-state index contributed by atoms with van der Waals surface area (Å²) < 4.78 is 1.84. The zero-order chi connectivity index (χ0) is 14.5. The fourth-order valence-corrected chi connectivity index (χ4v) is 3.30. The van der Waals surface area contributed by atoms with Gasteiger partial charge in [-0.05, 0) is 49.3 Å². The van der Waals surface area contributed by atoms with Gasteiger partial charge in [0, 0.05) is 10.6 Å². The minimum Gasteiger partial charge on any atom is -0.383 e. The fourth-order valence-electron chi connectivity index (χ4n) is 3.12. The minimum absolute atomic E-state index is 0.102. The van der Waals surface area contributed by atoms with Gasteiger partial charge in [-0.1, -0.05) is 31.5 Å². The van der Waals surface area contributed by atoms with Crippen LogP contribution in [0.2, 0.25) is 5.02 Å². The van der Waals surface area contributed by atoms with Gasteiger partial charge in [0.25, 0.3) is 0 Å². The van der Waals surface area contributed by atoms with E-state index in [4.69, 9.17) is 22.4 Å². The molecule has 1 aromatic carbocycles. The molecule has 2 aromatic rings. The second-order valence-corrected chi connectivity index (χ2v) is 6.70. The standard InChI is InChI=1S/C16H20ClN3/c1-10-6-7-11(9-12(10)17)20-15(18)14-13(19-20)5-4-8-16(14,2)3/h6-7,9H,4-5,8,18H2,1-3H3. The van der Waals surface area contributed by atoms with Crippen molar-refractivity contribution in [2.45, 2.75) is 45.4 Å². The van der Waals surface area contributed by atoms with Gasteiger partial charge >= 0.3 is 0 Å². The molecule has 0 amide bonds. The average Bonchev–Trinajstić information content (AvgIpc) is 2.71. The van der Waals surface area contributed by atoms with Crippen LogP contribution in [0.3, 0.4) is 0 Å². The van der Waals surface area contributed by atoms with Crippen molar-refractivity contribution >= 4 is 17.4 Å². The Balaban J connectivity index is 2.16. The van der Waals surface area contributed by atoms with Gasteiger partial charge in [0.15, 0.2) is 0 Å². The number of nitrogens with two attached hydrogens (primary N) is 1. The van der Waals surface area contributed by atoms with Crippen LogP contribution < -0.4 is 5.73 Å². The molecule has 0 bridgehead atoms. The summed E-state index contributed by atoms with van der Waals surface area (Å²) in [6.45, 7) is 6.48. The normalized spacial score (nSPS) is 17.0. The molecule has 106 valence electrons. The number of aromatic nitrogens is 2. The molecule has 0 radical (unpaired) electrons. The maximum Gasteiger partial charge on any atom is 0.131 e. The summed E-state index contributed by atoms with van der Waals surface area (Å²) in [6, 6.07) is 5.95. The number of fused-ring (bicyclic) bond motifs is 1. The molecule has 1 aromatic heterocycles. The third-order valence-electron chi connectivity index (χ3n) is 4.29. The van der Waals surface area contributed by atoms with Gasteiger partial charge in [-0.15, -0.1) is 0 Å². The number of hydrogen-bond acceptors (Lipinski definition) is 2. The highest BCUT2D eigenvalue weighted by Crippen LogP contribution is 2.40. The van der Waals surface area contributed by atoms with Crippen molar-refractivity contribution < 1.29 is 0 Å². The predicted octanol–water partition coefficient (Wildman–Crippen LogP) is 4.03. The number of aryl methyl sites for hydroxylation is 2. The molecule has 20 heavy (non-hydrogen) atoms. The van der Waals surface area contributed by atoms with Gasteiger partial charge in [0.1, 0.15) is 5.82 Å². The lowest BCUT2D eigenvalue weighted by Gasteiger charge is -2.29. The van der Waals surface area contributed by atoms with E-state index >= 15 is 0 Å². The lowest BCUT2D eigenvalue weighted by Crippen LogP contribution is -2.24. The molecule has 0 saturated carbocycles. The van der Waals surface area contributed by atoms with Crippen LogP contribution in [-0.4, -0.2) is 9.78 Å². The number of anilines is 1. The fraction of sp³-hybridized carbons (Fsp3) is 0.438. The highest BCUT2D eigenvalue weighted by molar-refractivity contribution is 6.31. The molecule has 0 saturated heterocycles. The van der Waals surface area contributed by atoms with Gasteiger partial charge in [-0.3, -0.25) is 0 Å².